The molecular formula is C15H24ClN. The molecule has 1 fully saturated rings. The average molecular weight is 254 g/mol. The van der Waals surface area contributed by atoms with Gasteiger partial charge < -0.3 is 4.90 Å². The smallest absolute Gasteiger partial charge is 0.0399 e. The van der Waals surface area contributed by atoms with Crippen molar-refractivity contribution in [3.05, 3.63) is 23.4 Å². The Balaban J connectivity index is 2.41. The second kappa shape index (κ2) is 4.68. The largest absolute Gasteiger partial charge is 0.368 e. The van der Waals surface area contributed by atoms with Crippen LogP contribution in [0.15, 0.2) is 23.4 Å². The molecule has 0 aromatic rings. The van der Waals surface area contributed by atoms with E-state index in [9.17, 15) is 0 Å². The third-order valence-corrected chi connectivity index (χ3v) is 4.52. The average Bonchev–Trinajstić information content (AvgIpc) is 2.24. The van der Waals surface area contributed by atoms with E-state index in [2.05, 4.69) is 44.7 Å². The molecule has 0 N–H and O–H groups in total. The van der Waals surface area contributed by atoms with Crippen LogP contribution in [0.2, 0.25) is 0 Å². The van der Waals surface area contributed by atoms with Crippen LogP contribution in [0.25, 0.3) is 0 Å². The molecule has 1 heterocycles. The van der Waals surface area contributed by atoms with Gasteiger partial charge in [-0.25, -0.2) is 0 Å². The van der Waals surface area contributed by atoms with E-state index in [4.69, 9.17) is 11.6 Å². The Morgan fingerprint density at radius 1 is 1.47 bits per heavy atom. The monoisotopic (exact) mass is 253 g/mol. The molecule has 0 saturated carbocycles. The standard InChI is InChI=1S/C15H24ClN/c1-11-6-5-7-13-12(2)10-15(3,4)17(9-8-16)14(11)13/h5-6,12-13H,7-10H2,1-4H3. The lowest BCUT2D eigenvalue weighted by Gasteiger charge is -2.53. The third-order valence-electron chi connectivity index (χ3n) is 4.35. The molecule has 0 radical (unpaired) electrons. The zero-order valence-electron chi connectivity index (χ0n) is 11.5. The maximum atomic E-state index is 6.00. The summed E-state index contributed by atoms with van der Waals surface area (Å²) in [6.45, 7) is 10.3. The highest BCUT2D eigenvalue weighted by Crippen LogP contribution is 2.45. The third kappa shape index (κ3) is 2.27. The summed E-state index contributed by atoms with van der Waals surface area (Å²) in [4.78, 5) is 2.56. The second-order valence-corrected chi connectivity index (χ2v) is 6.53. The van der Waals surface area contributed by atoms with E-state index in [1.165, 1.54) is 18.4 Å². The molecule has 1 aliphatic carbocycles. The van der Waals surface area contributed by atoms with Gasteiger partial charge in [-0.2, -0.15) is 0 Å². The van der Waals surface area contributed by atoms with E-state index in [1.54, 1.807) is 5.70 Å². The molecule has 0 spiro atoms. The first-order valence-electron chi connectivity index (χ1n) is 6.68. The number of halogens is 1. The predicted molar refractivity (Wildman–Crippen MR) is 75.2 cm³/mol. The van der Waals surface area contributed by atoms with E-state index in [-0.39, 0.29) is 5.54 Å². The van der Waals surface area contributed by atoms with Crippen LogP contribution in [-0.4, -0.2) is 22.9 Å². The topological polar surface area (TPSA) is 3.24 Å². The fourth-order valence-corrected chi connectivity index (χ4v) is 3.84. The summed E-state index contributed by atoms with van der Waals surface area (Å²) in [7, 11) is 0. The number of likely N-dealkylation sites (tertiary alicyclic amines) is 1. The summed E-state index contributed by atoms with van der Waals surface area (Å²) in [5.74, 6) is 2.19. The van der Waals surface area contributed by atoms with Gasteiger partial charge in [0.1, 0.15) is 0 Å². The van der Waals surface area contributed by atoms with Crippen molar-refractivity contribution in [2.75, 3.05) is 12.4 Å². The van der Waals surface area contributed by atoms with E-state index >= 15 is 0 Å². The lowest BCUT2D eigenvalue weighted by atomic mass is 9.71. The van der Waals surface area contributed by atoms with Crippen LogP contribution in [0, 0.1) is 11.8 Å². The molecule has 2 atom stereocenters. The summed E-state index contributed by atoms with van der Waals surface area (Å²) in [6.07, 6.45) is 7.07. The van der Waals surface area contributed by atoms with Crippen molar-refractivity contribution >= 4 is 11.6 Å². The van der Waals surface area contributed by atoms with Gasteiger partial charge in [-0.05, 0) is 45.1 Å². The summed E-state index contributed by atoms with van der Waals surface area (Å²) in [5.41, 5.74) is 3.23. The molecule has 0 aromatic carbocycles. The minimum absolute atomic E-state index is 0.243. The molecule has 0 bridgehead atoms. The number of rotatable bonds is 2. The van der Waals surface area contributed by atoms with Crippen molar-refractivity contribution in [1.29, 1.82) is 0 Å². The highest BCUT2D eigenvalue weighted by molar-refractivity contribution is 6.18. The van der Waals surface area contributed by atoms with Crippen molar-refractivity contribution < 1.29 is 0 Å². The summed E-state index contributed by atoms with van der Waals surface area (Å²) >= 11 is 6.00. The molecule has 1 aliphatic heterocycles. The van der Waals surface area contributed by atoms with Gasteiger partial charge >= 0.3 is 0 Å². The molecule has 17 heavy (non-hydrogen) atoms. The molecule has 1 saturated heterocycles. The van der Waals surface area contributed by atoms with Gasteiger partial charge in [-0.1, -0.05) is 19.1 Å². The van der Waals surface area contributed by atoms with Crippen molar-refractivity contribution in [3.8, 4) is 0 Å². The number of hydrogen-bond acceptors (Lipinski definition) is 1. The number of alkyl halides is 1. The Labute approximate surface area is 111 Å². The molecule has 2 rings (SSSR count). The molecule has 0 aromatic heterocycles. The van der Waals surface area contributed by atoms with Gasteiger partial charge in [-0.15, -0.1) is 11.6 Å². The van der Waals surface area contributed by atoms with E-state index < -0.39 is 0 Å². The number of piperidine rings is 1. The normalized spacial score (nSPS) is 31.7. The van der Waals surface area contributed by atoms with Gasteiger partial charge in [0.25, 0.3) is 0 Å². The van der Waals surface area contributed by atoms with Gasteiger partial charge in [-0.3, -0.25) is 0 Å². The van der Waals surface area contributed by atoms with Crippen LogP contribution in [0.3, 0.4) is 0 Å². The van der Waals surface area contributed by atoms with Crippen LogP contribution in [-0.2, 0) is 0 Å². The highest BCUT2D eigenvalue weighted by Gasteiger charge is 2.41. The molecule has 1 nitrogen and oxygen atoms in total. The lowest BCUT2D eigenvalue weighted by molar-refractivity contribution is 0.0629. The molecule has 0 amide bonds. The Hall–Kier alpha value is -0.430. The molecule has 2 heteroatoms. The van der Waals surface area contributed by atoms with E-state index in [0.717, 1.165) is 12.5 Å². The fraction of sp³-hybridized carbons (Fsp3) is 0.733. The molecule has 96 valence electrons. The first-order valence-corrected chi connectivity index (χ1v) is 7.21. The van der Waals surface area contributed by atoms with Gasteiger partial charge in [0.05, 0.1) is 0 Å². The summed E-state index contributed by atoms with van der Waals surface area (Å²) < 4.78 is 0. The van der Waals surface area contributed by atoms with E-state index in [0.29, 0.717) is 11.8 Å². The van der Waals surface area contributed by atoms with Crippen molar-refractivity contribution in [2.24, 2.45) is 11.8 Å². The molecule has 2 aliphatic rings. The van der Waals surface area contributed by atoms with Crippen molar-refractivity contribution in [3.63, 3.8) is 0 Å². The fourth-order valence-electron chi connectivity index (χ4n) is 3.67. The number of hydrogen-bond donors (Lipinski definition) is 0. The maximum absolute atomic E-state index is 6.00. The van der Waals surface area contributed by atoms with Crippen LogP contribution in [0.1, 0.15) is 40.5 Å². The zero-order valence-corrected chi connectivity index (χ0v) is 12.2. The first-order chi connectivity index (χ1) is 7.97. The van der Waals surface area contributed by atoms with Crippen LogP contribution in [0.5, 0.6) is 0 Å². The Morgan fingerprint density at radius 3 is 2.82 bits per heavy atom. The molecular weight excluding hydrogens is 230 g/mol. The minimum Gasteiger partial charge on any atom is -0.368 e. The maximum Gasteiger partial charge on any atom is 0.0399 e. The molecule has 2 unspecified atom stereocenters. The minimum atomic E-state index is 0.243. The summed E-state index contributed by atoms with van der Waals surface area (Å²) in [6, 6.07) is 0. The number of nitrogens with zero attached hydrogens (tertiary/aromatic N) is 1. The highest BCUT2D eigenvalue weighted by atomic mass is 35.5. The van der Waals surface area contributed by atoms with Crippen LogP contribution in [0.4, 0.5) is 0 Å². The zero-order chi connectivity index (χ0) is 12.6. The second-order valence-electron chi connectivity index (χ2n) is 6.15. The van der Waals surface area contributed by atoms with Gasteiger partial charge in [0.15, 0.2) is 0 Å². The van der Waals surface area contributed by atoms with Gasteiger partial charge in [0, 0.05) is 29.6 Å². The Bertz CT molecular complexity index is 354. The first kappa shape index (κ1) is 13.0. The predicted octanol–water partition coefficient (Wildman–Crippen LogP) is 4.20. The lowest BCUT2D eigenvalue weighted by Crippen LogP contribution is -2.52. The number of allylic oxidation sites excluding steroid dienone is 4. The SMILES string of the molecule is CC1=C2C(CC=C1)C(C)CC(C)(C)N2CCCl. The van der Waals surface area contributed by atoms with Gasteiger partial charge in [0.2, 0.25) is 0 Å². The van der Waals surface area contributed by atoms with E-state index in [1.807, 2.05) is 0 Å². The Kier molecular flexibility index (Phi) is 3.58. The Morgan fingerprint density at radius 2 is 2.18 bits per heavy atom. The quantitative estimate of drug-likeness (QED) is 0.667. The van der Waals surface area contributed by atoms with Crippen LogP contribution >= 0.6 is 11.6 Å². The van der Waals surface area contributed by atoms with Crippen LogP contribution < -0.4 is 0 Å². The number of fused-ring (bicyclic) bond motifs is 1. The summed E-state index contributed by atoms with van der Waals surface area (Å²) in [5, 5.41) is 0. The van der Waals surface area contributed by atoms with Crippen molar-refractivity contribution in [2.45, 2.75) is 46.1 Å². The van der Waals surface area contributed by atoms with Crippen molar-refractivity contribution in [1.82, 2.24) is 4.90 Å².